The molecule has 0 aromatic heterocycles. The first-order chi connectivity index (χ1) is 8.79. The monoisotopic (exact) mass is 252 g/mol. The number of hydrogen-bond acceptors (Lipinski definition) is 2. The Morgan fingerprint density at radius 2 is 1.78 bits per heavy atom. The van der Waals surface area contributed by atoms with Crippen molar-refractivity contribution in [3.05, 3.63) is 0 Å². The van der Waals surface area contributed by atoms with Gasteiger partial charge in [0.25, 0.3) is 0 Å². The first kappa shape index (κ1) is 14.3. The van der Waals surface area contributed by atoms with Crippen LogP contribution in [0.1, 0.15) is 57.8 Å². The highest BCUT2D eigenvalue weighted by molar-refractivity contribution is 4.82. The van der Waals surface area contributed by atoms with Gasteiger partial charge in [-0.05, 0) is 64.6 Å². The Balaban J connectivity index is 1.63. The largest absolute Gasteiger partial charge is 0.317 e. The van der Waals surface area contributed by atoms with Crippen LogP contribution in [0.3, 0.4) is 0 Å². The van der Waals surface area contributed by atoms with Crippen LogP contribution in [0.5, 0.6) is 0 Å². The summed E-state index contributed by atoms with van der Waals surface area (Å²) < 4.78 is 0. The Hall–Kier alpha value is -0.0800. The Kier molecular flexibility index (Phi) is 5.97. The molecule has 106 valence electrons. The topological polar surface area (TPSA) is 15.3 Å². The summed E-state index contributed by atoms with van der Waals surface area (Å²) in [7, 11) is 4.46. The lowest BCUT2D eigenvalue weighted by Gasteiger charge is -2.28. The van der Waals surface area contributed by atoms with Crippen LogP contribution in [0.4, 0.5) is 0 Å². The number of rotatable bonds is 6. The summed E-state index contributed by atoms with van der Waals surface area (Å²) in [6, 6.07) is 0.799. The molecule has 0 spiro atoms. The van der Waals surface area contributed by atoms with Crippen LogP contribution < -0.4 is 5.32 Å². The number of hydrogen-bond donors (Lipinski definition) is 1. The van der Waals surface area contributed by atoms with Crippen LogP contribution in [0.25, 0.3) is 0 Å². The van der Waals surface area contributed by atoms with Crippen molar-refractivity contribution >= 4 is 0 Å². The average Bonchev–Trinajstić information content (AvgIpc) is 2.85. The molecule has 0 aromatic carbocycles. The van der Waals surface area contributed by atoms with Gasteiger partial charge in [0.15, 0.2) is 0 Å². The van der Waals surface area contributed by atoms with Gasteiger partial charge in [0.1, 0.15) is 0 Å². The van der Waals surface area contributed by atoms with Gasteiger partial charge in [-0.3, -0.25) is 0 Å². The highest BCUT2D eigenvalue weighted by atomic mass is 15.1. The van der Waals surface area contributed by atoms with Crippen molar-refractivity contribution in [2.24, 2.45) is 11.8 Å². The Morgan fingerprint density at radius 1 is 1.00 bits per heavy atom. The number of nitrogens with one attached hydrogen (secondary N) is 1. The molecule has 2 saturated carbocycles. The van der Waals surface area contributed by atoms with Gasteiger partial charge in [-0.15, -0.1) is 0 Å². The molecule has 2 fully saturated rings. The second kappa shape index (κ2) is 7.49. The van der Waals surface area contributed by atoms with E-state index in [-0.39, 0.29) is 0 Å². The number of nitrogens with zero attached hydrogens (tertiary/aromatic N) is 1. The molecule has 2 rings (SSSR count). The second-order valence-electron chi connectivity index (χ2n) is 6.64. The van der Waals surface area contributed by atoms with Gasteiger partial charge in [0.05, 0.1) is 0 Å². The summed E-state index contributed by atoms with van der Waals surface area (Å²) >= 11 is 0. The third kappa shape index (κ3) is 4.24. The highest BCUT2D eigenvalue weighted by Gasteiger charge is 2.25. The summed E-state index contributed by atoms with van der Waals surface area (Å²) in [6.45, 7) is 2.65. The minimum Gasteiger partial charge on any atom is -0.317 e. The van der Waals surface area contributed by atoms with E-state index >= 15 is 0 Å². The van der Waals surface area contributed by atoms with Gasteiger partial charge in [-0.25, -0.2) is 0 Å². The van der Waals surface area contributed by atoms with Crippen molar-refractivity contribution in [3.8, 4) is 0 Å². The van der Waals surface area contributed by atoms with Crippen LogP contribution in [-0.4, -0.2) is 38.1 Å². The van der Waals surface area contributed by atoms with E-state index in [1.807, 2.05) is 0 Å². The van der Waals surface area contributed by atoms with Gasteiger partial charge in [0.2, 0.25) is 0 Å². The third-order valence-electron chi connectivity index (χ3n) is 5.21. The van der Waals surface area contributed by atoms with Crippen LogP contribution >= 0.6 is 0 Å². The zero-order valence-electron chi connectivity index (χ0n) is 12.5. The zero-order chi connectivity index (χ0) is 12.8. The van der Waals surface area contributed by atoms with E-state index in [4.69, 9.17) is 0 Å². The van der Waals surface area contributed by atoms with Crippen molar-refractivity contribution in [1.82, 2.24) is 10.2 Å². The van der Waals surface area contributed by atoms with Gasteiger partial charge in [-0.1, -0.05) is 25.7 Å². The van der Waals surface area contributed by atoms with E-state index in [9.17, 15) is 0 Å². The van der Waals surface area contributed by atoms with Crippen LogP contribution in [0.15, 0.2) is 0 Å². The molecule has 2 nitrogen and oxygen atoms in total. The minimum absolute atomic E-state index is 0.799. The van der Waals surface area contributed by atoms with Gasteiger partial charge in [0, 0.05) is 12.6 Å². The van der Waals surface area contributed by atoms with E-state index in [1.165, 1.54) is 70.9 Å². The molecule has 2 heteroatoms. The third-order valence-corrected chi connectivity index (χ3v) is 5.21. The standard InChI is InChI=1S/C16H32N2/c1-17-16-10-6-9-15(16)11-12-18(2)13-14-7-4-3-5-8-14/h14-17H,3-13H2,1-2H3. The van der Waals surface area contributed by atoms with Gasteiger partial charge >= 0.3 is 0 Å². The fourth-order valence-electron chi connectivity index (χ4n) is 4.05. The first-order valence-corrected chi connectivity index (χ1v) is 8.15. The molecular weight excluding hydrogens is 220 g/mol. The van der Waals surface area contributed by atoms with Crippen molar-refractivity contribution in [2.45, 2.75) is 63.8 Å². The van der Waals surface area contributed by atoms with E-state index in [1.54, 1.807) is 0 Å². The van der Waals surface area contributed by atoms with Crippen molar-refractivity contribution in [2.75, 3.05) is 27.2 Å². The van der Waals surface area contributed by atoms with Crippen LogP contribution in [0, 0.1) is 11.8 Å². The smallest absolute Gasteiger partial charge is 0.00928 e. The lowest BCUT2D eigenvalue weighted by Crippen LogP contribution is -2.33. The molecule has 0 bridgehead atoms. The fourth-order valence-corrected chi connectivity index (χ4v) is 4.05. The van der Waals surface area contributed by atoms with E-state index in [0.717, 1.165) is 17.9 Å². The minimum atomic E-state index is 0.799. The molecule has 2 atom stereocenters. The Bertz CT molecular complexity index is 223. The maximum atomic E-state index is 3.50. The Labute approximate surface area is 114 Å². The molecule has 18 heavy (non-hydrogen) atoms. The predicted molar refractivity (Wildman–Crippen MR) is 78.9 cm³/mol. The molecule has 0 radical (unpaired) electrons. The van der Waals surface area contributed by atoms with E-state index in [0.29, 0.717) is 0 Å². The quantitative estimate of drug-likeness (QED) is 0.780. The molecule has 2 aliphatic rings. The van der Waals surface area contributed by atoms with Crippen LogP contribution in [-0.2, 0) is 0 Å². The Morgan fingerprint density at radius 3 is 2.50 bits per heavy atom. The van der Waals surface area contributed by atoms with E-state index in [2.05, 4.69) is 24.3 Å². The van der Waals surface area contributed by atoms with Crippen molar-refractivity contribution in [1.29, 1.82) is 0 Å². The zero-order valence-corrected chi connectivity index (χ0v) is 12.5. The van der Waals surface area contributed by atoms with Crippen LogP contribution in [0.2, 0.25) is 0 Å². The molecule has 0 amide bonds. The second-order valence-corrected chi connectivity index (χ2v) is 6.64. The van der Waals surface area contributed by atoms with Gasteiger partial charge in [-0.2, -0.15) is 0 Å². The maximum Gasteiger partial charge on any atom is 0.00928 e. The summed E-state index contributed by atoms with van der Waals surface area (Å²) in [5, 5.41) is 3.50. The maximum absolute atomic E-state index is 3.50. The highest BCUT2D eigenvalue weighted by Crippen LogP contribution is 2.29. The average molecular weight is 252 g/mol. The summed E-state index contributed by atoms with van der Waals surface area (Å²) in [6.07, 6.45) is 13.1. The molecule has 0 aliphatic heterocycles. The van der Waals surface area contributed by atoms with Crippen molar-refractivity contribution < 1.29 is 0 Å². The predicted octanol–water partition coefficient (Wildman–Crippen LogP) is 3.28. The molecule has 1 N–H and O–H groups in total. The summed E-state index contributed by atoms with van der Waals surface area (Å²) in [4.78, 5) is 2.60. The molecular formula is C16H32N2. The molecule has 0 aromatic rings. The van der Waals surface area contributed by atoms with Crippen molar-refractivity contribution in [3.63, 3.8) is 0 Å². The normalized spacial score (nSPS) is 30.2. The lowest BCUT2D eigenvalue weighted by atomic mass is 9.89. The molecule has 2 unspecified atom stereocenters. The molecule has 0 saturated heterocycles. The summed E-state index contributed by atoms with van der Waals surface area (Å²) in [5.41, 5.74) is 0. The van der Waals surface area contributed by atoms with E-state index < -0.39 is 0 Å². The molecule has 2 aliphatic carbocycles. The SMILES string of the molecule is CNC1CCCC1CCN(C)CC1CCCCC1. The fraction of sp³-hybridized carbons (Fsp3) is 1.00. The first-order valence-electron chi connectivity index (χ1n) is 8.15. The summed E-state index contributed by atoms with van der Waals surface area (Å²) in [5.74, 6) is 1.93. The lowest BCUT2D eigenvalue weighted by molar-refractivity contribution is 0.217. The van der Waals surface area contributed by atoms with Gasteiger partial charge < -0.3 is 10.2 Å². The molecule has 0 heterocycles.